The number of rotatable bonds is 10. The van der Waals surface area contributed by atoms with E-state index in [9.17, 15) is 0 Å². The van der Waals surface area contributed by atoms with Gasteiger partial charge in [0, 0.05) is 40.3 Å². The molecule has 0 fully saturated rings. The lowest BCUT2D eigenvalue weighted by Gasteiger charge is -2.16. The maximum absolute atomic E-state index is 4.51. The maximum Gasteiger partial charge on any atom is 0.0700 e. The van der Waals surface area contributed by atoms with E-state index in [-0.39, 0.29) is 0 Å². The molecule has 0 saturated carbocycles. The number of para-hydroxylation sites is 2. The van der Waals surface area contributed by atoms with Gasteiger partial charge in [-0.05, 0) is 119 Å². The highest BCUT2D eigenvalue weighted by molar-refractivity contribution is 6.10. The molecule has 0 unspecified atom stereocenters. The summed E-state index contributed by atoms with van der Waals surface area (Å²) < 4.78 is 2.40. The van der Waals surface area contributed by atoms with Crippen molar-refractivity contribution in [2.24, 2.45) is 4.99 Å². The van der Waals surface area contributed by atoms with Gasteiger partial charge in [-0.3, -0.25) is 4.99 Å². The highest BCUT2D eigenvalue weighted by Crippen LogP contribution is 2.39. The van der Waals surface area contributed by atoms with E-state index in [1.165, 1.54) is 38.5 Å². The molecule has 3 nitrogen and oxygen atoms in total. The molecule has 3 heteroatoms. The number of nitrogens with zero attached hydrogens (tertiary/aromatic N) is 2. The zero-order valence-electron chi connectivity index (χ0n) is 32.1. The summed E-state index contributed by atoms with van der Waals surface area (Å²) in [6, 6.07) is 60.8. The predicted molar refractivity (Wildman–Crippen MR) is 245 cm³/mol. The lowest BCUT2D eigenvalue weighted by atomic mass is 9.90. The molecule has 7 aromatic carbocycles. The van der Waals surface area contributed by atoms with Crippen LogP contribution in [0, 0.1) is 0 Å². The van der Waals surface area contributed by atoms with Crippen LogP contribution in [0.2, 0.25) is 0 Å². The average molecular weight is 734 g/mol. The van der Waals surface area contributed by atoms with E-state index in [0.717, 1.165) is 68.9 Å². The first-order valence-corrected chi connectivity index (χ1v) is 19.6. The minimum absolute atomic E-state index is 0.839. The maximum atomic E-state index is 4.51. The minimum atomic E-state index is 0.839. The van der Waals surface area contributed by atoms with E-state index in [2.05, 4.69) is 204 Å². The summed E-state index contributed by atoms with van der Waals surface area (Å²) in [5, 5.41) is 5.88. The van der Waals surface area contributed by atoms with Gasteiger partial charge in [-0.25, -0.2) is 0 Å². The Labute approximate surface area is 335 Å². The Morgan fingerprint density at radius 3 is 2.12 bits per heavy atom. The van der Waals surface area contributed by atoms with Crippen LogP contribution < -0.4 is 5.32 Å². The molecular formula is C54H43N3. The van der Waals surface area contributed by atoms with Crippen molar-refractivity contribution >= 4 is 46.0 Å². The number of hydrogen-bond acceptors (Lipinski definition) is 2. The number of allylic oxidation sites excluding steroid dienone is 6. The normalized spacial score (nSPS) is 13.2. The molecule has 9 rings (SSSR count). The second kappa shape index (κ2) is 15.9. The number of aliphatic imine (C=N–C) groups is 1. The number of anilines is 1. The van der Waals surface area contributed by atoms with E-state index < -0.39 is 0 Å². The SMILES string of the molecule is C=N/C(=C\C(=C/c1cc(-c2ccc3c(c2)c2ccccc2n3-c2cccc(-c3ccccc3)c2)ccc1-c1ccccc1NC)C1=CCCC=C1)c1ccccc1. The van der Waals surface area contributed by atoms with Crippen molar-refractivity contribution in [2.75, 3.05) is 12.4 Å². The Kier molecular flexibility index (Phi) is 9.87. The second-order valence-corrected chi connectivity index (χ2v) is 14.4. The molecular weight excluding hydrogens is 691 g/mol. The van der Waals surface area contributed by atoms with Crippen molar-refractivity contribution in [1.82, 2.24) is 4.57 Å². The molecule has 1 heterocycles. The van der Waals surface area contributed by atoms with E-state index in [4.69, 9.17) is 0 Å². The zero-order valence-corrected chi connectivity index (χ0v) is 32.1. The number of fused-ring (bicyclic) bond motifs is 3. The zero-order chi connectivity index (χ0) is 38.6. The van der Waals surface area contributed by atoms with E-state index in [1.54, 1.807) is 0 Å². The topological polar surface area (TPSA) is 29.3 Å². The molecule has 0 radical (unpaired) electrons. The van der Waals surface area contributed by atoms with Gasteiger partial charge in [0.05, 0.1) is 16.7 Å². The fourth-order valence-corrected chi connectivity index (χ4v) is 8.11. The summed E-state index contributed by atoms with van der Waals surface area (Å²) in [6.07, 6.45) is 13.4. The number of nitrogens with one attached hydrogen (secondary N) is 1. The van der Waals surface area contributed by atoms with Gasteiger partial charge >= 0.3 is 0 Å². The van der Waals surface area contributed by atoms with Crippen molar-refractivity contribution in [1.29, 1.82) is 0 Å². The smallest absolute Gasteiger partial charge is 0.0700 e. The molecule has 0 amide bonds. The Morgan fingerprint density at radius 1 is 0.614 bits per heavy atom. The quantitative estimate of drug-likeness (QED) is 0.110. The molecule has 1 aliphatic rings. The summed E-state index contributed by atoms with van der Waals surface area (Å²) in [7, 11) is 1.99. The van der Waals surface area contributed by atoms with Gasteiger partial charge in [0.1, 0.15) is 0 Å². The monoisotopic (exact) mass is 733 g/mol. The Hall–Kier alpha value is -7.23. The first kappa shape index (κ1) is 35.5. The van der Waals surface area contributed by atoms with Gasteiger partial charge in [-0.1, -0.05) is 146 Å². The molecule has 0 saturated heterocycles. The molecule has 0 spiro atoms. The number of hydrogen-bond donors (Lipinski definition) is 1. The lowest BCUT2D eigenvalue weighted by molar-refractivity contribution is 1.02. The fraction of sp³-hybridized carbons (Fsp3) is 0.0556. The van der Waals surface area contributed by atoms with Crippen molar-refractivity contribution in [3.05, 3.63) is 216 Å². The third kappa shape index (κ3) is 7.08. The molecule has 1 aromatic heterocycles. The molecule has 0 aliphatic heterocycles. The Balaban J connectivity index is 1.22. The molecule has 1 N–H and O–H groups in total. The Bertz CT molecular complexity index is 2890. The Morgan fingerprint density at radius 2 is 1.32 bits per heavy atom. The van der Waals surface area contributed by atoms with Gasteiger partial charge in [0.2, 0.25) is 0 Å². The third-order valence-corrected chi connectivity index (χ3v) is 10.9. The average Bonchev–Trinajstić information content (AvgIpc) is 3.62. The van der Waals surface area contributed by atoms with Gasteiger partial charge in [-0.2, -0.15) is 0 Å². The van der Waals surface area contributed by atoms with Gasteiger partial charge in [0.15, 0.2) is 0 Å². The molecule has 0 bridgehead atoms. The lowest BCUT2D eigenvalue weighted by Crippen LogP contribution is -1.96. The fourth-order valence-electron chi connectivity index (χ4n) is 8.11. The molecule has 0 atom stereocenters. The standard InChI is InChI=1S/C54H43N3/c1-55-51-27-14-12-25-48(51)47-31-29-42(33-45(47)34-44(39-19-8-4-9-20-39)37-52(56-2)40-21-10-5-11-22-40)43-30-32-54-50(36-43)49-26-13-15-28-53(49)57(54)46-24-16-23-41(35-46)38-17-6-3-7-18-38/h3,5-8,10-37,55H,2,4,9H2,1H3/b44-34+,52-37-. The molecule has 1 aliphatic carbocycles. The van der Waals surface area contributed by atoms with Crippen LogP contribution in [0.15, 0.2) is 210 Å². The van der Waals surface area contributed by atoms with Crippen LogP contribution in [0.1, 0.15) is 24.0 Å². The second-order valence-electron chi connectivity index (χ2n) is 14.4. The first-order chi connectivity index (χ1) is 28.2. The summed E-state index contributed by atoms with van der Waals surface area (Å²) in [4.78, 5) is 4.51. The number of benzene rings is 7. The van der Waals surface area contributed by atoms with Crippen LogP contribution in [0.5, 0.6) is 0 Å². The van der Waals surface area contributed by atoms with Crippen molar-refractivity contribution < 1.29 is 0 Å². The molecule has 274 valence electrons. The van der Waals surface area contributed by atoms with E-state index in [0.29, 0.717) is 0 Å². The van der Waals surface area contributed by atoms with Crippen molar-refractivity contribution in [2.45, 2.75) is 12.8 Å². The summed E-state index contributed by atoms with van der Waals surface area (Å²) in [5.41, 5.74) is 16.9. The highest BCUT2D eigenvalue weighted by atomic mass is 15.0. The highest BCUT2D eigenvalue weighted by Gasteiger charge is 2.16. The van der Waals surface area contributed by atoms with Gasteiger partial charge in [0.25, 0.3) is 0 Å². The largest absolute Gasteiger partial charge is 0.388 e. The van der Waals surface area contributed by atoms with Crippen LogP contribution in [0.3, 0.4) is 0 Å². The van der Waals surface area contributed by atoms with E-state index in [1.807, 2.05) is 25.2 Å². The third-order valence-electron chi connectivity index (χ3n) is 10.9. The van der Waals surface area contributed by atoms with Crippen LogP contribution in [0.4, 0.5) is 5.69 Å². The van der Waals surface area contributed by atoms with Crippen LogP contribution in [0.25, 0.3) is 72.6 Å². The van der Waals surface area contributed by atoms with Crippen molar-refractivity contribution in [3.8, 4) is 39.1 Å². The van der Waals surface area contributed by atoms with Crippen LogP contribution in [-0.4, -0.2) is 18.3 Å². The predicted octanol–water partition coefficient (Wildman–Crippen LogP) is 14.2. The molecule has 57 heavy (non-hydrogen) atoms. The van der Waals surface area contributed by atoms with E-state index >= 15 is 0 Å². The van der Waals surface area contributed by atoms with Gasteiger partial charge in [-0.15, -0.1) is 0 Å². The van der Waals surface area contributed by atoms with Crippen LogP contribution >= 0.6 is 0 Å². The summed E-state index contributed by atoms with van der Waals surface area (Å²) in [6.45, 7) is 3.98. The van der Waals surface area contributed by atoms with Gasteiger partial charge < -0.3 is 9.88 Å². The number of aromatic nitrogens is 1. The van der Waals surface area contributed by atoms with Crippen molar-refractivity contribution in [3.63, 3.8) is 0 Å². The minimum Gasteiger partial charge on any atom is -0.388 e. The summed E-state index contributed by atoms with van der Waals surface area (Å²) in [5.74, 6) is 0. The molecule has 8 aromatic rings. The summed E-state index contributed by atoms with van der Waals surface area (Å²) >= 11 is 0. The first-order valence-electron chi connectivity index (χ1n) is 19.6. The van der Waals surface area contributed by atoms with Crippen LogP contribution in [-0.2, 0) is 0 Å².